The quantitative estimate of drug-likeness (QED) is 0.206. The van der Waals surface area contributed by atoms with E-state index in [1.165, 1.54) is 57.8 Å². The lowest BCUT2D eigenvalue weighted by Gasteiger charge is -2.12. The van der Waals surface area contributed by atoms with Gasteiger partial charge in [-0.1, -0.05) is 78.6 Å². The van der Waals surface area contributed by atoms with Gasteiger partial charge in [0.2, 0.25) is 6.41 Å². The van der Waals surface area contributed by atoms with E-state index in [9.17, 15) is 9.90 Å². The number of carbonyl (C=O) groups excluding carboxylic acids is 1. The average Bonchev–Trinajstić information content (AvgIpc) is 2.78. The molecule has 180 valence electrons. The third-order valence-corrected chi connectivity index (χ3v) is 5.63. The van der Waals surface area contributed by atoms with E-state index in [0.717, 1.165) is 61.9 Å². The van der Waals surface area contributed by atoms with E-state index in [2.05, 4.69) is 20.8 Å². The summed E-state index contributed by atoms with van der Waals surface area (Å²) in [5.74, 6) is 1.36. The Balaban J connectivity index is 0.000000649. The summed E-state index contributed by atoms with van der Waals surface area (Å²) in [6, 6.07) is 3.92. The van der Waals surface area contributed by atoms with E-state index in [1.807, 2.05) is 19.2 Å². The number of hydrogen-bond donors (Lipinski definition) is 1. The second-order valence-corrected chi connectivity index (χ2v) is 8.56. The van der Waals surface area contributed by atoms with Crippen LogP contribution in [0, 0.1) is 0 Å². The van der Waals surface area contributed by atoms with E-state index >= 15 is 0 Å². The Morgan fingerprint density at radius 2 is 1.32 bits per heavy atom. The number of rotatable bonds is 17. The van der Waals surface area contributed by atoms with E-state index in [0.29, 0.717) is 5.75 Å². The Morgan fingerprint density at radius 3 is 1.87 bits per heavy atom. The topological polar surface area (TPSA) is 49.8 Å². The van der Waals surface area contributed by atoms with Gasteiger partial charge in [-0.15, -0.1) is 0 Å². The number of ether oxygens (including phenoxy) is 1. The van der Waals surface area contributed by atoms with Crippen LogP contribution in [0.4, 0.5) is 0 Å². The van der Waals surface area contributed by atoms with Crippen LogP contribution in [-0.4, -0.2) is 37.1 Å². The summed E-state index contributed by atoms with van der Waals surface area (Å²) in [6.07, 6.45) is 17.7. The molecule has 0 saturated heterocycles. The van der Waals surface area contributed by atoms with Crippen molar-refractivity contribution in [2.24, 2.45) is 0 Å². The van der Waals surface area contributed by atoms with Crippen molar-refractivity contribution in [2.75, 3.05) is 20.7 Å². The molecule has 0 atom stereocenters. The molecule has 31 heavy (non-hydrogen) atoms. The zero-order valence-electron chi connectivity index (χ0n) is 21.0. The molecule has 1 aromatic carbocycles. The molecule has 0 heterocycles. The number of unbranched alkanes of at least 4 members (excludes halogenated alkanes) is 9. The maximum absolute atomic E-state index is 10.2. The van der Waals surface area contributed by atoms with Crippen molar-refractivity contribution in [2.45, 2.75) is 111 Å². The number of carbonyl (C=O) groups is 1. The molecule has 1 rings (SSSR count). The van der Waals surface area contributed by atoms with Gasteiger partial charge in [-0.25, -0.2) is 0 Å². The summed E-state index contributed by atoms with van der Waals surface area (Å²) < 4.78 is 5.47. The van der Waals surface area contributed by atoms with Gasteiger partial charge >= 0.3 is 0 Å². The van der Waals surface area contributed by atoms with Gasteiger partial charge in [0.05, 0.1) is 7.11 Å². The molecule has 1 aromatic rings. The maximum Gasteiger partial charge on any atom is 0.209 e. The molecule has 0 radical (unpaired) electrons. The lowest BCUT2D eigenvalue weighted by molar-refractivity contribution is -0.117. The molecule has 0 saturated carbocycles. The Labute approximate surface area is 192 Å². The van der Waals surface area contributed by atoms with Crippen LogP contribution in [0.1, 0.15) is 109 Å². The zero-order valence-corrected chi connectivity index (χ0v) is 21.0. The number of aromatic hydroxyl groups is 1. The monoisotopic (exact) mass is 435 g/mol. The van der Waals surface area contributed by atoms with E-state index in [-0.39, 0.29) is 0 Å². The van der Waals surface area contributed by atoms with Crippen LogP contribution >= 0.6 is 0 Å². The predicted molar refractivity (Wildman–Crippen MR) is 133 cm³/mol. The van der Waals surface area contributed by atoms with Crippen LogP contribution in [0.2, 0.25) is 0 Å². The minimum atomic E-state index is 0.434. The van der Waals surface area contributed by atoms with Crippen LogP contribution < -0.4 is 4.74 Å². The molecule has 0 aliphatic rings. The van der Waals surface area contributed by atoms with Gasteiger partial charge in [0, 0.05) is 13.6 Å². The number of phenolic OH excluding ortho intramolecular Hbond substituents is 1. The number of phenols is 1. The van der Waals surface area contributed by atoms with Crippen molar-refractivity contribution in [1.82, 2.24) is 4.90 Å². The number of nitrogens with zero attached hydrogens (tertiary/aromatic N) is 1. The molecular formula is C27H49NO3. The SMILES string of the molecule is CCCCCCCCN(C)C=O.CCCCCc1cc(OC)c(CCCCC)cc1O. The van der Waals surface area contributed by atoms with Gasteiger partial charge in [-0.05, 0) is 55.4 Å². The largest absolute Gasteiger partial charge is 0.508 e. The Kier molecular flexibility index (Phi) is 19.1. The number of hydrogen-bond acceptors (Lipinski definition) is 3. The minimum Gasteiger partial charge on any atom is -0.508 e. The first-order chi connectivity index (χ1) is 15.0. The van der Waals surface area contributed by atoms with Crippen molar-refractivity contribution in [3.05, 3.63) is 23.3 Å². The van der Waals surface area contributed by atoms with Crippen molar-refractivity contribution in [1.29, 1.82) is 0 Å². The second-order valence-electron chi connectivity index (χ2n) is 8.56. The Morgan fingerprint density at radius 1 is 0.806 bits per heavy atom. The molecular weight excluding hydrogens is 386 g/mol. The Hall–Kier alpha value is -1.71. The summed E-state index contributed by atoms with van der Waals surface area (Å²) in [6.45, 7) is 7.53. The molecule has 4 nitrogen and oxygen atoms in total. The van der Waals surface area contributed by atoms with Gasteiger partial charge < -0.3 is 14.7 Å². The molecule has 0 spiro atoms. The first-order valence-corrected chi connectivity index (χ1v) is 12.6. The summed E-state index contributed by atoms with van der Waals surface area (Å²) >= 11 is 0. The number of methoxy groups -OCH3 is 1. The summed E-state index contributed by atoms with van der Waals surface area (Å²) in [5.41, 5.74) is 2.15. The third kappa shape index (κ3) is 14.8. The average molecular weight is 436 g/mol. The molecule has 0 unspecified atom stereocenters. The highest BCUT2D eigenvalue weighted by Crippen LogP contribution is 2.30. The molecule has 0 aromatic heterocycles. The minimum absolute atomic E-state index is 0.434. The van der Waals surface area contributed by atoms with Gasteiger partial charge in [-0.3, -0.25) is 4.79 Å². The highest BCUT2D eigenvalue weighted by atomic mass is 16.5. The highest BCUT2D eigenvalue weighted by Gasteiger charge is 2.09. The van der Waals surface area contributed by atoms with Crippen LogP contribution in [0.3, 0.4) is 0 Å². The fourth-order valence-electron chi connectivity index (χ4n) is 3.56. The molecule has 0 bridgehead atoms. The molecule has 1 amide bonds. The number of amides is 1. The van der Waals surface area contributed by atoms with Crippen LogP contribution in [0.25, 0.3) is 0 Å². The van der Waals surface area contributed by atoms with Crippen molar-refractivity contribution in [3.8, 4) is 11.5 Å². The third-order valence-electron chi connectivity index (χ3n) is 5.63. The summed E-state index contributed by atoms with van der Waals surface area (Å²) in [4.78, 5) is 11.9. The molecule has 0 fully saturated rings. The first-order valence-electron chi connectivity index (χ1n) is 12.6. The predicted octanol–water partition coefficient (Wildman–Crippen LogP) is 7.30. The van der Waals surface area contributed by atoms with Gasteiger partial charge in [-0.2, -0.15) is 0 Å². The normalized spacial score (nSPS) is 10.4. The fourth-order valence-corrected chi connectivity index (χ4v) is 3.56. The van der Waals surface area contributed by atoms with Gasteiger partial charge in [0.15, 0.2) is 0 Å². The fraction of sp³-hybridized carbons (Fsp3) is 0.741. The molecule has 4 heteroatoms. The van der Waals surface area contributed by atoms with Gasteiger partial charge in [0.1, 0.15) is 11.5 Å². The van der Waals surface area contributed by atoms with Crippen LogP contribution in [-0.2, 0) is 17.6 Å². The smallest absolute Gasteiger partial charge is 0.209 e. The van der Waals surface area contributed by atoms with E-state index in [1.54, 1.807) is 12.0 Å². The number of benzene rings is 1. The number of aryl methyl sites for hydroxylation is 2. The lowest BCUT2D eigenvalue weighted by atomic mass is 10.00. The summed E-state index contributed by atoms with van der Waals surface area (Å²) in [7, 11) is 3.55. The lowest BCUT2D eigenvalue weighted by Crippen LogP contribution is -2.16. The van der Waals surface area contributed by atoms with Crippen molar-refractivity contribution in [3.63, 3.8) is 0 Å². The van der Waals surface area contributed by atoms with Crippen molar-refractivity contribution < 1.29 is 14.6 Å². The van der Waals surface area contributed by atoms with Crippen LogP contribution in [0.15, 0.2) is 12.1 Å². The van der Waals surface area contributed by atoms with Gasteiger partial charge in [0.25, 0.3) is 0 Å². The molecule has 0 aliphatic heterocycles. The maximum atomic E-state index is 10.2. The van der Waals surface area contributed by atoms with E-state index in [4.69, 9.17) is 4.74 Å². The Bertz CT molecular complexity index is 560. The summed E-state index contributed by atoms with van der Waals surface area (Å²) in [5, 5.41) is 10.1. The molecule has 1 N–H and O–H groups in total. The highest BCUT2D eigenvalue weighted by molar-refractivity contribution is 5.46. The molecule has 0 aliphatic carbocycles. The first kappa shape index (κ1) is 29.3. The van der Waals surface area contributed by atoms with Crippen LogP contribution in [0.5, 0.6) is 11.5 Å². The second kappa shape index (κ2) is 20.2. The van der Waals surface area contributed by atoms with Crippen molar-refractivity contribution >= 4 is 6.41 Å². The standard InChI is InChI=1S/C17H28O2.C10H21NO/c1-4-6-8-10-14-13-17(19-3)15(12-16(14)18)11-9-7-5-2;1-3-4-5-6-7-8-9-11(2)10-12/h12-13,18H,4-11H2,1-3H3;10H,3-9H2,1-2H3. The zero-order chi connectivity index (χ0) is 23.3. The van der Waals surface area contributed by atoms with E-state index < -0.39 is 0 Å².